The third kappa shape index (κ3) is 2.94. The number of hydrogen-bond acceptors (Lipinski definition) is 5. The zero-order chi connectivity index (χ0) is 12.1. The normalized spacial score (nSPS) is 12.8. The number of nitrogens with zero attached hydrogens (tertiary/aromatic N) is 1. The summed E-state index contributed by atoms with van der Waals surface area (Å²) < 4.78 is 5.51. The highest BCUT2D eigenvalue weighted by molar-refractivity contribution is 5.80. The first kappa shape index (κ1) is 11.8. The molecule has 0 fully saturated rings. The molecule has 0 aliphatic rings. The SMILES string of the molecule is CONC[C@H](O)COc1cccc2[nH]cnc12. The molecular weight excluding hydrogens is 222 g/mol. The number of aromatic nitrogens is 2. The molecule has 0 bridgehead atoms. The third-order valence-corrected chi connectivity index (χ3v) is 2.31. The van der Waals surface area contributed by atoms with Gasteiger partial charge in [0.1, 0.15) is 24.0 Å². The summed E-state index contributed by atoms with van der Waals surface area (Å²) in [5, 5.41) is 9.57. The van der Waals surface area contributed by atoms with E-state index in [1.165, 1.54) is 7.11 Å². The number of aliphatic hydroxyl groups excluding tert-OH is 1. The van der Waals surface area contributed by atoms with Crippen LogP contribution in [-0.2, 0) is 4.84 Å². The number of imidazole rings is 1. The van der Waals surface area contributed by atoms with Gasteiger partial charge in [-0.05, 0) is 12.1 Å². The fourth-order valence-corrected chi connectivity index (χ4v) is 1.48. The number of nitrogens with one attached hydrogen (secondary N) is 2. The number of hydrogen-bond donors (Lipinski definition) is 3. The number of fused-ring (bicyclic) bond motifs is 1. The Morgan fingerprint density at radius 2 is 2.41 bits per heavy atom. The van der Waals surface area contributed by atoms with E-state index in [0.717, 1.165) is 11.0 Å². The van der Waals surface area contributed by atoms with Crippen molar-refractivity contribution in [1.29, 1.82) is 0 Å². The van der Waals surface area contributed by atoms with Gasteiger partial charge in [-0.15, -0.1) is 0 Å². The smallest absolute Gasteiger partial charge is 0.147 e. The molecule has 0 aliphatic carbocycles. The minimum atomic E-state index is -0.635. The topological polar surface area (TPSA) is 79.4 Å². The van der Waals surface area contributed by atoms with Gasteiger partial charge in [0.25, 0.3) is 0 Å². The molecule has 17 heavy (non-hydrogen) atoms. The summed E-state index contributed by atoms with van der Waals surface area (Å²) in [6.07, 6.45) is 0.976. The number of aliphatic hydroxyl groups is 1. The first-order chi connectivity index (χ1) is 8.31. The van der Waals surface area contributed by atoms with E-state index in [-0.39, 0.29) is 6.61 Å². The van der Waals surface area contributed by atoms with E-state index in [1.54, 1.807) is 6.33 Å². The minimum absolute atomic E-state index is 0.183. The molecule has 6 heteroatoms. The average Bonchev–Trinajstić information content (AvgIpc) is 2.82. The Morgan fingerprint density at radius 3 is 3.24 bits per heavy atom. The lowest BCUT2D eigenvalue weighted by Gasteiger charge is -2.12. The van der Waals surface area contributed by atoms with Crippen LogP contribution in [0.15, 0.2) is 24.5 Å². The van der Waals surface area contributed by atoms with Crippen LogP contribution in [0.2, 0.25) is 0 Å². The summed E-state index contributed by atoms with van der Waals surface area (Å²) in [7, 11) is 1.50. The minimum Gasteiger partial charge on any atom is -0.488 e. The second-order valence-corrected chi connectivity index (χ2v) is 3.57. The maximum atomic E-state index is 9.57. The molecule has 0 spiro atoms. The molecule has 2 rings (SSSR count). The Morgan fingerprint density at radius 1 is 1.53 bits per heavy atom. The van der Waals surface area contributed by atoms with Gasteiger partial charge in [0.05, 0.1) is 25.5 Å². The fraction of sp³-hybridized carbons (Fsp3) is 0.364. The summed E-state index contributed by atoms with van der Waals surface area (Å²) in [5.41, 5.74) is 4.24. The maximum Gasteiger partial charge on any atom is 0.147 e. The highest BCUT2D eigenvalue weighted by Gasteiger charge is 2.08. The van der Waals surface area contributed by atoms with Gasteiger partial charge in [-0.3, -0.25) is 0 Å². The molecule has 6 nitrogen and oxygen atoms in total. The van der Waals surface area contributed by atoms with E-state index in [1.807, 2.05) is 18.2 Å². The monoisotopic (exact) mass is 237 g/mol. The number of hydroxylamine groups is 1. The van der Waals surface area contributed by atoms with Crippen LogP contribution in [0.4, 0.5) is 0 Å². The lowest BCUT2D eigenvalue weighted by molar-refractivity contribution is 0.0324. The van der Waals surface area contributed by atoms with Gasteiger partial charge in [-0.2, -0.15) is 0 Å². The number of rotatable bonds is 6. The number of para-hydroxylation sites is 1. The van der Waals surface area contributed by atoms with Gasteiger partial charge in [0.15, 0.2) is 0 Å². The van der Waals surface area contributed by atoms with Gasteiger partial charge < -0.3 is 19.7 Å². The molecule has 0 saturated carbocycles. The molecule has 0 aliphatic heterocycles. The lowest BCUT2D eigenvalue weighted by atomic mass is 10.3. The summed E-state index contributed by atoms with van der Waals surface area (Å²) >= 11 is 0. The molecule has 0 saturated heterocycles. The van der Waals surface area contributed by atoms with Crippen molar-refractivity contribution in [2.24, 2.45) is 0 Å². The second-order valence-electron chi connectivity index (χ2n) is 3.57. The van der Waals surface area contributed by atoms with E-state index in [4.69, 9.17) is 4.74 Å². The molecule has 2 aromatic rings. The zero-order valence-electron chi connectivity index (χ0n) is 9.51. The van der Waals surface area contributed by atoms with Gasteiger partial charge in [-0.1, -0.05) is 6.07 Å². The van der Waals surface area contributed by atoms with Crippen LogP contribution in [0.25, 0.3) is 11.0 Å². The van der Waals surface area contributed by atoms with Crippen LogP contribution >= 0.6 is 0 Å². The highest BCUT2D eigenvalue weighted by Crippen LogP contribution is 2.21. The van der Waals surface area contributed by atoms with Gasteiger partial charge in [0, 0.05) is 0 Å². The molecule has 1 heterocycles. The Kier molecular flexibility index (Phi) is 3.92. The molecule has 92 valence electrons. The molecule has 0 radical (unpaired) electrons. The van der Waals surface area contributed by atoms with Crippen LogP contribution in [0.1, 0.15) is 0 Å². The zero-order valence-corrected chi connectivity index (χ0v) is 9.51. The summed E-state index contributed by atoms with van der Waals surface area (Å²) in [6.45, 7) is 0.495. The Hall–Kier alpha value is -1.63. The van der Waals surface area contributed by atoms with Crippen molar-refractivity contribution in [2.75, 3.05) is 20.3 Å². The number of aromatic amines is 1. The molecule has 1 aromatic carbocycles. The van der Waals surface area contributed by atoms with Crippen molar-refractivity contribution >= 4 is 11.0 Å². The lowest BCUT2D eigenvalue weighted by Crippen LogP contribution is -2.30. The van der Waals surface area contributed by atoms with Gasteiger partial charge >= 0.3 is 0 Å². The number of benzene rings is 1. The second kappa shape index (κ2) is 5.62. The number of H-pyrrole nitrogens is 1. The van der Waals surface area contributed by atoms with E-state index in [0.29, 0.717) is 12.3 Å². The van der Waals surface area contributed by atoms with Crippen molar-refractivity contribution in [3.8, 4) is 5.75 Å². The Bertz CT molecular complexity index is 472. The molecule has 1 atom stereocenters. The van der Waals surface area contributed by atoms with Crippen LogP contribution < -0.4 is 10.2 Å². The predicted molar refractivity (Wildman–Crippen MR) is 62.6 cm³/mol. The van der Waals surface area contributed by atoms with Gasteiger partial charge in [0.2, 0.25) is 0 Å². The van der Waals surface area contributed by atoms with Crippen LogP contribution in [0, 0.1) is 0 Å². The Balaban J connectivity index is 1.96. The molecular formula is C11H15N3O3. The van der Waals surface area contributed by atoms with Crippen molar-refractivity contribution in [3.63, 3.8) is 0 Å². The standard InChI is InChI=1S/C11H15N3O3/c1-16-14-5-8(15)6-17-10-4-2-3-9-11(10)13-7-12-9/h2-4,7-8,14-15H,5-6H2,1H3,(H,12,13)/t8-/m0/s1. The van der Waals surface area contributed by atoms with Crippen molar-refractivity contribution in [2.45, 2.75) is 6.10 Å². The first-order valence-corrected chi connectivity index (χ1v) is 5.30. The van der Waals surface area contributed by atoms with Crippen molar-refractivity contribution in [1.82, 2.24) is 15.4 Å². The molecule has 3 N–H and O–H groups in total. The summed E-state index contributed by atoms with van der Waals surface area (Å²) in [5.74, 6) is 0.653. The predicted octanol–water partition coefficient (Wildman–Crippen LogP) is 0.454. The van der Waals surface area contributed by atoms with Crippen LogP contribution in [0.5, 0.6) is 5.75 Å². The number of ether oxygens (including phenoxy) is 1. The van der Waals surface area contributed by atoms with Crippen molar-refractivity contribution < 1.29 is 14.7 Å². The Labute approximate surface area is 98.5 Å². The summed E-state index contributed by atoms with van der Waals surface area (Å²) in [4.78, 5) is 11.8. The van der Waals surface area contributed by atoms with Gasteiger partial charge in [-0.25, -0.2) is 10.5 Å². The largest absolute Gasteiger partial charge is 0.488 e. The molecule has 0 unspecified atom stereocenters. The third-order valence-electron chi connectivity index (χ3n) is 2.31. The first-order valence-electron chi connectivity index (χ1n) is 5.30. The summed E-state index contributed by atoms with van der Waals surface area (Å²) in [6, 6.07) is 5.60. The molecule has 1 aromatic heterocycles. The van der Waals surface area contributed by atoms with E-state index in [9.17, 15) is 5.11 Å². The highest BCUT2D eigenvalue weighted by atomic mass is 16.6. The average molecular weight is 237 g/mol. The van der Waals surface area contributed by atoms with E-state index < -0.39 is 6.10 Å². The van der Waals surface area contributed by atoms with Crippen LogP contribution in [0.3, 0.4) is 0 Å². The van der Waals surface area contributed by atoms with Crippen LogP contribution in [-0.4, -0.2) is 41.4 Å². The van der Waals surface area contributed by atoms with E-state index in [2.05, 4.69) is 20.3 Å². The van der Waals surface area contributed by atoms with E-state index >= 15 is 0 Å². The maximum absolute atomic E-state index is 9.57. The van der Waals surface area contributed by atoms with Crippen molar-refractivity contribution in [3.05, 3.63) is 24.5 Å². The fourth-order valence-electron chi connectivity index (χ4n) is 1.48. The molecule has 0 amide bonds. The quantitative estimate of drug-likeness (QED) is 0.636.